The summed E-state index contributed by atoms with van der Waals surface area (Å²) in [6.07, 6.45) is 0. The highest BCUT2D eigenvalue weighted by atomic mass is 14.8. The van der Waals surface area contributed by atoms with Crippen LogP contribution in [0.15, 0.2) is 170 Å². The van der Waals surface area contributed by atoms with Crippen molar-refractivity contribution in [2.45, 2.75) is 0 Å². The van der Waals surface area contributed by atoms with Gasteiger partial charge in [0.1, 0.15) is 0 Å². The fourth-order valence-corrected chi connectivity index (χ4v) is 7.04. The van der Waals surface area contributed by atoms with Crippen LogP contribution in [0.4, 0.5) is 0 Å². The zero-order valence-electron chi connectivity index (χ0n) is 27.0. The van der Waals surface area contributed by atoms with Gasteiger partial charge in [0.2, 0.25) is 0 Å². The van der Waals surface area contributed by atoms with Crippen LogP contribution in [0.3, 0.4) is 0 Å². The van der Waals surface area contributed by atoms with Gasteiger partial charge < -0.3 is 0 Å². The van der Waals surface area contributed by atoms with E-state index in [-0.39, 0.29) is 0 Å². The minimum Gasteiger partial charge on any atom is -0.248 e. The lowest BCUT2D eigenvalue weighted by Gasteiger charge is -2.13. The molecule has 0 radical (unpaired) electrons. The van der Waals surface area contributed by atoms with Crippen LogP contribution < -0.4 is 0 Å². The molecule has 0 aliphatic rings. The van der Waals surface area contributed by atoms with Crippen LogP contribution >= 0.6 is 0 Å². The molecule has 4 heteroatoms. The molecule has 0 aliphatic heterocycles. The minimum atomic E-state index is 0.810. The number of rotatable bonds is 4. The Morgan fingerprint density at radius 3 is 1.66 bits per heavy atom. The fraction of sp³-hybridized carbons (Fsp3) is 0. The molecule has 0 fully saturated rings. The molecule has 0 aliphatic carbocycles. The second-order valence-corrected chi connectivity index (χ2v) is 12.7. The van der Waals surface area contributed by atoms with Gasteiger partial charge in [0.25, 0.3) is 0 Å². The number of aromatic nitrogens is 4. The third kappa shape index (κ3) is 4.85. The lowest BCUT2D eigenvalue weighted by molar-refractivity contribution is 1.31. The van der Waals surface area contributed by atoms with Gasteiger partial charge in [0.05, 0.1) is 44.8 Å². The van der Waals surface area contributed by atoms with E-state index in [1.807, 2.05) is 24.3 Å². The topological polar surface area (TPSA) is 51.6 Å². The lowest BCUT2D eigenvalue weighted by atomic mass is 9.97. The Morgan fingerprint density at radius 2 is 0.860 bits per heavy atom. The number of fused-ring (bicyclic) bond motifs is 6. The predicted octanol–water partition coefficient (Wildman–Crippen LogP) is 11.7. The first-order valence-corrected chi connectivity index (χ1v) is 16.8. The molecule has 50 heavy (non-hydrogen) atoms. The van der Waals surface area contributed by atoms with E-state index in [9.17, 15) is 0 Å². The van der Waals surface area contributed by atoms with Crippen LogP contribution in [0, 0.1) is 0 Å². The number of hydrogen-bond donors (Lipinski definition) is 0. The van der Waals surface area contributed by atoms with Crippen LogP contribution in [-0.2, 0) is 0 Å². The summed E-state index contributed by atoms with van der Waals surface area (Å²) in [7, 11) is 0. The second kappa shape index (κ2) is 11.4. The minimum absolute atomic E-state index is 0.810. The van der Waals surface area contributed by atoms with E-state index in [1.54, 1.807) is 0 Å². The highest BCUT2D eigenvalue weighted by Gasteiger charge is 2.15. The Balaban J connectivity index is 1.08. The van der Waals surface area contributed by atoms with E-state index < -0.39 is 0 Å². The van der Waals surface area contributed by atoms with E-state index in [1.165, 1.54) is 10.8 Å². The zero-order valence-corrected chi connectivity index (χ0v) is 27.0. The van der Waals surface area contributed by atoms with Gasteiger partial charge >= 0.3 is 0 Å². The van der Waals surface area contributed by atoms with Crippen molar-refractivity contribution in [2.24, 2.45) is 0 Å². The Kier molecular flexibility index (Phi) is 6.46. The van der Waals surface area contributed by atoms with Crippen molar-refractivity contribution in [1.82, 2.24) is 19.9 Å². The molecule has 10 aromatic rings. The second-order valence-electron chi connectivity index (χ2n) is 12.7. The monoisotopic (exact) mass is 636 g/mol. The van der Waals surface area contributed by atoms with Crippen LogP contribution in [0.5, 0.6) is 0 Å². The summed E-state index contributed by atoms with van der Waals surface area (Å²) in [5.74, 6) is 0. The molecule has 4 aromatic heterocycles. The highest BCUT2D eigenvalue weighted by Crippen LogP contribution is 2.36. The molecule has 0 spiro atoms. The number of benzene rings is 6. The first-order valence-electron chi connectivity index (χ1n) is 16.8. The van der Waals surface area contributed by atoms with E-state index in [2.05, 4.69) is 146 Å². The van der Waals surface area contributed by atoms with Gasteiger partial charge in [-0.25, -0.2) is 19.9 Å². The van der Waals surface area contributed by atoms with E-state index in [4.69, 9.17) is 19.9 Å². The third-order valence-corrected chi connectivity index (χ3v) is 9.59. The third-order valence-electron chi connectivity index (χ3n) is 9.59. The van der Waals surface area contributed by atoms with Crippen LogP contribution in [-0.4, -0.2) is 19.9 Å². The van der Waals surface area contributed by atoms with Crippen LogP contribution in [0.25, 0.3) is 99.4 Å². The average Bonchev–Trinajstić information content (AvgIpc) is 3.19. The zero-order chi connectivity index (χ0) is 33.0. The van der Waals surface area contributed by atoms with E-state index in [0.29, 0.717) is 0 Å². The smallest absolute Gasteiger partial charge is 0.0979 e. The SMILES string of the molecule is c1ccc(-c2ccc3cc(-c4ccccc4)c4ccc(-c5ccc6cc(-c7ccc8cc9ccccc9cc8n7)ccc6n5)nc4c3n2)cc1. The number of hydrogen-bond acceptors (Lipinski definition) is 4. The molecule has 0 unspecified atom stereocenters. The molecule has 10 rings (SSSR count). The Hall–Kier alpha value is -6.78. The molecule has 6 aromatic carbocycles. The van der Waals surface area contributed by atoms with Gasteiger partial charge in [-0.3, -0.25) is 0 Å². The standard InChI is InChI=1S/C46H28N4/c1-3-9-29(10-4-1)38-27-36-18-22-39(30-11-5-2-6-12-30)49-45(36)46-37(38)19-24-43(50-46)42-23-17-34-26-33(15-20-40(34)47-42)41-21-16-35-25-31-13-7-8-14-32(31)28-44(35)48-41/h1-28H. The molecule has 0 saturated carbocycles. The summed E-state index contributed by atoms with van der Waals surface area (Å²) >= 11 is 0. The molecule has 232 valence electrons. The van der Waals surface area contributed by atoms with Crippen molar-refractivity contribution >= 4 is 54.4 Å². The predicted molar refractivity (Wildman–Crippen MR) is 207 cm³/mol. The van der Waals surface area contributed by atoms with Crippen molar-refractivity contribution in [1.29, 1.82) is 0 Å². The molecule has 0 amide bonds. The molecular formula is C46H28N4. The van der Waals surface area contributed by atoms with Crippen molar-refractivity contribution in [3.05, 3.63) is 170 Å². The molecule has 0 atom stereocenters. The van der Waals surface area contributed by atoms with Crippen molar-refractivity contribution < 1.29 is 0 Å². The summed E-state index contributed by atoms with van der Waals surface area (Å²) in [6.45, 7) is 0. The average molecular weight is 637 g/mol. The normalized spacial score (nSPS) is 11.6. The van der Waals surface area contributed by atoms with Gasteiger partial charge in [0, 0.05) is 32.7 Å². The summed E-state index contributed by atoms with van der Waals surface area (Å²) < 4.78 is 0. The maximum absolute atomic E-state index is 5.28. The molecule has 0 saturated heterocycles. The first-order chi connectivity index (χ1) is 24.7. The number of pyridine rings is 4. The first kappa shape index (κ1) is 28.3. The lowest BCUT2D eigenvalue weighted by Crippen LogP contribution is -1.94. The van der Waals surface area contributed by atoms with Crippen molar-refractivity contribution in [3.8, 4) is 45.0 Å². The van der Waals surface area contributed by atoms with Crippen molar-refractivity contribution in [3.63, 3.8) is 0 Å². The van der Waals surface area contributed by atoms with Gasteiger partial charge in [-0.15, -0.1) is 0 Å². The largest absolute Gasteiger partial charge is 0.248 e. The maximum Gasteiger partial charge on any atom is 0.0979 e. The molecule has 4 heterocycles. The highest BCUT2D eigenvalue weighted by molar-refractivity contribution is 6.11. The summed E-state index contributed by atoms with van der Waals surface area (Å²) in [6, 6.07) is 59.1. The molecular weight excluding hydrogens is 609 g/mol. The van der Waals surface area contributed by atoms with Crippen LogP contribution in [0.2, 0.25) is 0 Å². The summed E-state index contributed by atoms with van der Waals surface area (Å²) in [5, 5.41) is 6.72. The van der Waals surface area contributed by atoms with E-state index >= 15 is 0 Å². The molecule has 4 nitrogen and oxygen atoms in total. The van der Waals surface area contributed by atoms with Gasteiger partial charge in [-0.05, 0) is 82.6 Å². The van der Waals surface area contributed by atoms with E-state index in [0.717, 1.165) is 88.6 Å². The van der Waals surface area contributed by atoms with Gasteiger partial charge in [-0.1, -0.05) is 109 Å². The Bertz CT molecular complexity index is 2920. The van der Waals surface area contributed by atoms with Crippen molar-refractivity contribution in [2.75, 3.05) is 0 Å². The molecule has 0 N–H and O–H groups in total. The van der Waals surface area contributed by atoms with Gasteiger partial charge in [0.15, 0.2) is 0 Å². The quantitative estimate of drug-likeness (QED) is 0.142. The maximum atomic E-state index is 5.28. The Labute approximate surface area is 288 Å². The summed E-state index contributed by atoms with van der Waals surface area (Å²) in [4.78, 5) is 20.6. The van der Waals surface area contributed by atoms with Crippen LogP contribution in [0.1, 0.15) is 0 Å². The summed E-state index contributed by atoms with van der Waals surface area (Å²) in [5.41, 5.74) is 11.6. The molecule has 0 bridgehead atoms. The Morgan fingerprint density at radius 1 is 0.280 bits per heavy atom. The number of nitrogens with zero attached hydrogens (tertiary/aromatic N) is 4. The van der Waals surface area contributed by atoms with Gasteiger partial charge in [-0.2, -0.15) is 0 Å². The fourth-order valence-electron chi connectivity index (χ4n) is 7.04.